The van der Waals surface area contributed by atoms with E-state index in [1.807, 2.05) is 0 Å². The smallest absolute Gasteiger partial charge is 0.263 e. The summed E-state index contributed by atoms with van der Waals surface area (Å²) < 4.78 is 31.8. The van der Waals surface area contributed by atoms with Gasteiger partial charge in [0.05, 0.1) is 4.90 Å². The van der Waals surface area contributed by atoms with Crippen LogP contribution in [0.2, 0.25) is 5.02 Å². The van der Waals surface area contributed by atoms with E-state index >= 15 is 0 Å². The number of hydrogen-bond donors (Lipinski definition) is 2. The third kappa shape index (κ3) is 5.21. The molecule has 28 heavy (non-hydrogen) atoms. The molecule has 1 heterocycles. The molecule has 0 unspecified atom stereocenters. The molecule has 0 aliphatic heterocycles. The molecule has 9 heteroatoms. The van der Waals surface area contributed by atoms with Crippen molar-refractivity contribution in [1.29, 1.82) is 0 Å². The zero-order chi connectivity index (χ0) is 20.1. The molecule has 0 atom stereocenters. The summed E-state index contributed by atoms with van der Waals surface area (Å²) in [6, 6.07) is 14.3. The normalized spacial score (nSPS) is 11.5. The Morgan fingerprint density at radius 3 is 2.39 bits per heavy atom. The highest BCUT2D eigenvalue weighted by Gasteiger charge is 2.16. The molecule has 1 amide bonds. The summed E-state index contributed by atoms with van der Waals surface area (Å²) in [6.45, 7) is 1.66. The lowest BCUT2D eigenvalue weighted by molar-refractivity contribution is -0.111. The highest BCUT2D eigenvalue weighted by molar-refractivity contribution is 7.92. The molecule has 2 aromatic carbocycles. The molecule has 0 aliphatic carbocycles. The number of aromatic nitrogens is 1. The molecule has 3 aromatic rings. The number of sulfonamides is 1. The molecule has 144 valence electrons. The first kappa shape index (κ1) is 19.7. The molecule has 3 rings (SSSR count). The van der Waals surface area contributed by atoms with Gasteiger partial charge in [-0.2, -0.15) is 0 Å². The van der Waals surface area contributed by atoms with Gasteiger partial charge in [-0.3, -0.25) is 9.52 Å². The van der Waals surface area contributed by atoms with E-state index in [2.05, 4.69) is 15.2 Å². The zero-order valence-electron chi connectivity index (χ0n) is 14.7. The van der Waals surface area contributed by atoms with E-state index in [1.54, 1.807) is 37.3 Å². The summed E-state index contributed by atoms with van der Waals surface area (Å²) in [4.78, 5) is 12.0. The van der Waals surface area contributed by atoms with Crippen molar-refractivity contribution >= 4 is 45.1 Å². The Balaban J connectivity index is 1.63. The van der Waals surface area contributed by atoms with Crippen LogP contribution in [0.1, 0.15) is 11.3 Å². The summed E-state index contributed by atoms with van der Waals surface area (Å²) in [5, 5.41) is 6.87. The number of carbonyl (C=O) groups is 1. The monoisotopic (exact) mass is 417 g/mol. The largest absolute Gasteiger partial charge is 0.360 e. The van der Waals surface area contributed by atoms with Gasteiger partial charge in [0.25, 0.3) is 10.0 Å². The van der Waals surface area contributed by atoms with E-state index in [1.165, 1.54) is 36.4 Å². The number of halogens is 1. The lowest BCUT2D eigenvalue weighted by atomic mass is 10.2. The SMILES string of the molecule is Cc1cc(NS(=O)(=O)c2ccc(NC(=O)/C=C/c3ccc(Cl)cc3)cc2)no1. The van der Waals surface area contributed by atoms with Crippen molar-refractivity contribution in [2.75, 3.05) is 10.0 Å². The van der Waals surface area contributed by atoms with Crippen molar-refractivity contribution in [3.8, 4) is 0 Å². The van der Waals surface area contributed by atoms with Crippen LogP contribution < -0.4 is 10.0 Å². The number of nitrogens with one attached hydrogen (secondary N) is 2. The quantitative estimate of drug-likeness (QED) is 0.588. The van der Waals surface area contributed by atoms with Crippen LogP contribution in [-0.2, 0) is 14.8 Å². The molecule has 2 N–H and O–H groups in total. The molecule has 0 fully saturated rings. The highest BCUT2D eigenvalue weighted by Crippen LogP contribution is 2.18. The van der Waals surface area contributed by atoms with Crippen molar-refractivity contribution in [1.82, 2.24) is 5.16 Å². The van der Waals surface area contributed by atoms with Gasteiger partial charge in [0.15, 0.2) is 5.82 Å². The van der Waals surface area contributed by atoms with Gasteiger partial charge in [-0.15, -0.1) is 0 Å². The molecule has 0 saturated heterocycles. The topological polar surface area (TPSA) is 101 Å². The fourth-order valence-electron chi connectivity index (χ4n) is 2.26. The first-order valence-electron chi connectivity index (χ1n) is 8.13. The number of anilines is 2. The molecule has 0 spiro atoms. The van der Waals surface area contributed by atoms with Gasteiger partial charge in [0.2, 0.25) is 5.91 Å². The lowest BCUT2D eigenvalue weighted by Crippen LogP contribution is -2.13. The third-order valence-corrected chi connectivity index (χ3v) is 5.22. The van der Waals surface area contributed by atoms with Crippen molar-refractivity contribution in [3.63, 3.8) is 0 Å². The van der Waals surface area contributed by atoms with Crippen molar-refractivity contribution in [3.05, 3.63) is 77.0 Å². The Labute approximate surface area is 167 Å². The maximum atomic E-state index is 12.3. The molecular formula is C19H16ClN3O4S. The van der Waals surface area contributed by atoms with Crippen LogP contribution in [0.5, 0.6) is 0 Å². The van der Waals surface area contributed by atoms with Crippen molar-refractivity contribution < 1.29 is 17.7 Å². The fraction of sp³-hybridized carbons (Fsp3) is 0.0526. The minimum atomic E-state index is -3.80. The first-order chi connectivity index (χ1) is 13.3. The van der Waals surface area contributed by atoms with Gasteiger partial charge in [-0.1, -0.05) is 28.9 Å². The zero-order valence-corrected chi connectivity index (χ0v) is 16.3. The summed E-state index contributed by atoms with van der Waals surface area (Å²) in [7, 11) is -3.80. The second kappa shape index (κ2) is 8.28. The number of nitrogens with zero attached hydrogens (tertiary/aromatic N) is 1. The second-order valence-electron chi connectivity index (χ2n) is 5.83. The van der Waals surface area contributed by atoms with Gasteiger partial charge in [0.1, 0.15) is 5.76 Å². The van der Waals surface area contributed by atoms with Gasteiger partial charge in [0, 0.05) is 22.9 Å². The Morgan fingerprint density at radius 1 is 1.11 bits per heavy atom. The van der Waals surface area contributed by atoms with Crippen LogP contribution in [0.4, 0.5) is 11.5 Å². The summed E-state index contributed by atoms with van der Waals surface area (Å²) in [5.74, 6) is 0.242. The third-order valence-electron chi connectivity index (χ3n) is 3.60. The summed E-state index contributed by atoms with van der Waals surface area (Å²) >= 11 is 5.81. The van der Waals surface area contributed by atoms with E-state index < -0.39 is 10.0 Å². The predicted molar refractivity (Wildman–Crippen MR) is 108 cm³/mol. The standard InChI is InChI=1S/C19H16ClN3O4S/c1-13-12-18(22-27-13)23-28(25,26)17-9-7-16(8-10-17)21-19(24)11-4-14-2-5-15(20)6-3-14/h2-12H,1H3,(H,21,24)(H,22,23)/b11-4+. The molecule has 0 radical (unpaired) electrons. The number of rotatable bonds is 6. The number of amides is 1. The van der Waals surface area contributed by atoms with Crippen LogP contribution in [0.15, 0.2) is 70.1 Å². The molecule has 0 aliphatic rings. The van der Waals surface area contributed by atoms with Crippen LogP contribution in [-0.4, -0.2) is 19.5 Å². The maximum Gasteiger partial charge on any atom is 0.263 e. The van der Waals surface area contributed by atoms with E-state index in [0.717, 1.165) is 5.56 Å². The van der Waals surface area contributed by atoms with Gasteiger partial charge >= 0.3 is 0 Å². The van der Waals surface area contributed by atoms with E-state index in [9.17, 15) is 13.2 Å². The van der Waals surface area contributed by atoms with Crippen LogP contribution in [0.3, 0.4) is 0 Å². The van der Waals surface area contributed by atoms with Crippen LogP contribution in [0.25, 0.3) is 6.08 Å². The lowest BCUT2D eigenvalue weighted by Gasteiger charge is -2.06. The summed E-state index contributed by atoms with van der Waals surface area (Å²) in [6.07, 6.45) is 3.02. The van der Waals surface area contributed by atoms with Gasteiger partial charge in [-0.25, -0.2) is 8.42 Å². The Morgan fingerprint density at radius 2 is 1.79 bits per heavy atom. The van der Waals surface area contributed by atoms with E-state index in [-0.39, 0.29) is 16.6 Å². The number of carbonyl (C=O) groups excluding carboxylic acids is 1. The number of benzene rings is 2. The molecule has 0 bridgehead atoms. The van der Waals surface area contributed by atoms with Gasteiger partial charge in [-0.05, 0) is 55.0 Å². The predicted octanol–water partition coefficient (Wildman–Crippen LogP) is 4.09. The molecular weight excluding hydrogens is 402 g/mol. The minimum absolute atomic E-state index is 0.0304. The van der Waals surface area contributed by atoms with Crippen LogP contribution in [0, 0.1) is 6.92 Å². The van der Waals surface area contributed by atoms with Crippen LogP contribution >= 0.6 is 11.6 Å². The average molecular weight is 418 g/mol. The van der Waals surface area contributed by atoms with Crippen molar-refractivity contribution in [2.45, 2.75) is 11.8 Å². The van der Waals surface area contributed by atoms with Crippen molar-refractivity contribution in [2.24, 2.45) is 0 Å². The molecule has 1 aromatic heterocycles. The number of aryl methyl sites for hydroxylation is 1. The highest BCUT2D eigenvalue weighted by atomic mass is 35.5. The average Bonchev–Trinajstić information content (AvgIpc) is 3.06. The second-order valence-corrected chi connectivity index (χ2v) is 7.95. The number of hydrogen-bond acceptors (Lipinski definition) is 5. The fourth-order valence-corrected chi connectivity index (χ4v) is 3.37. The Kier molecular flexibility index (Phi) is 5.81. The minimum Gasteiger partial charge on any atom is -0.360 e. The molecule has 0 saturated carbocycles. The summed E-state index contributed by atoms with van der Waals surface area (Å²) in [5.41, 5.74) is 1.29. The Hall–Kier alpha value is -3.10. The molecule has 7 nitrogen and oxygen atoms in total. The van der Waals surface area contributed by atoms with Gasteiger partial charge < -0.3 is 9.84 Å². The van der Waals surface area contributed by atoms with E-state index in [4.69, 9.17) is 16.1 Å². The van der Waals surface area contributed by atoms with E-state index in [0.29, 0.717) is 16.5 Å². The Bertz CT molecular complexity index is 1100. The first-order valence-corrected chi connectivity index (χ1v) is 9.99. The maximum absolute atomic E-state index is 12.3.